The first-order chi connectivity index (χ1) is 9.23. The second kappa shape index (κ2) is 7.41. The molecule has 0 spiro atoms. The Morgan fingerprint density at radius 1 is 1.25 bits per heavy atom. The van der Waals surface area contributed by atoms with Crippen LogP contribution < -0.4 is 5.32 Å². The number of hydrogen-bond acceptors (Lipinski definition) is 4. The van der Waals surface area contributed by atoms with E-state index >= 15 is 0 Å². The molecule has 2 unspecified atom stereocenters. The number of rotatable bonds is 4. The van der Waals surface area contributed by atoms with Crippen molar-refractivity contribution in [2.75, 3.05) is 45.9 Å². The number of likely N-dealkylation sites (tertiary alicyclic amines) is 1. The van der Waals surface area contributed by atoms with Gasteiger partial charge in [-0.3, -0.25) is 0 Å². The Hall–Kier alpha value is 0.130. The van der Waals surface area contributed by atoms with Gasteiger partial charge in [0, 0.05) is 32.8 Å². The molecule has 0 radical (unpaired) electrons. The third kappa shape index (κ3) is 4.31. The fraction of sp³-hybridized carbons (Fsp3) is 1.00. The second-order valence-corrected chi connectivity index (χ2v) is 6.83. The first-order valence-electron chi connectivity index (χ1n) is 7.90. The third-order valence-electron chi connectivity index (χ3n) is 4.87. The first-order valence-corrected chi connectivity index (χ1v) is 7.90. The number of piperidine rings is 1. The summed E-state index contributed by atoms with van der Waals surface area (Å²) in [5.41, 5.74) is 0.493. The van der Waals surface area contributed by atoms with Crippen LogP contribution in [0.1, 0.15) is 32.6 Å². The van der Waals surface area contributed by atoms with Crippen molar-refractivity contribution in [3.63, 3.8) is 0 Å². The van der Waals surface area contributed by atoms with Gasteiger partial charge in [0.2, 0.25) is 0 Å². The van der Waals surface area contributed by atoms with Gasteiger partial charge in [0.25, 0.3) is 0 Å². The predicted molar refractivity (Wildman–Crippen MR) is 82.6 cm³/mol. The Morgan fingerprint density at radius 2 is 2.05 bits per heavy atom. The molecule has 0 amide bonds. The molecule has 0 aromatic heterocycles. The van der Waals surface area contributed by atoms with Crippen LogP contribution >= 0.6 is 12.4 Å². The molecule has 4 nitrogen and oxygen atoms in total. The van der Waals surface area contributed by atoms with Gasteiger partial charge in [0.05, 0.1) is 18.8 Å². The Labute approximate surface area is 129 Å². The van der Waals surface area contributed by atoms with Crippen LogP contribution in [0.5, 0.6) is 0 Å². The molecule has 3 aliphatic rings. The zero-order chi connectivity index (χ0) is 13.1. The number of ether oxygens (including phenoxy) is 2. The molecule has 3 rings (SSSR count). The summed E-state index contributed by atoms with van der Waals surface area (Å²) >= 11 is 0. The van der Waals surface area contributed by atoms with Crippen LogP contribution in [0.25, 0.3) is 0 Å². The molecule has 3 saturated heterocycles. The van der Waals surface area contributed by atoms with Crippen LogP contribution in [-0.4, -0.2) is 63.0 Å². The molecule has 118 valence electrons. The Kier molecular flexibility index (Phi) is 6.11. The monoisotopic (exact) mass is 304 g/mol. The van der Waals surface area contributed by atoms with Gasteiger partial charge in [-0.25, -0.2) is 0 Å². The second-order valence-electron chi connectivity index (χ2n) is 6.83. The van der Waals surface area contributed by atoms with Crippen LogP contribution in [0.3, 0.4) is 0 Å². The molecule has 5 heteroatoms. The van der Waals surface area contributed by atoms with E-state index < -0.39 is 0 Å². The summed E-state index contributed by atoms with van der Waals surface area (Å²) in [4.78, 5) is 2.64. The Morgan fingerprint density at radius 3 is 2.65 bits per heavy atom. The van der Waals surface area contributed by atoms with Crippen LogP contribution in [0.4, 0.5) is 0 Å². The van der Waals surface area contributed by atoms with Gasteiger partial charge in [-0.1, -0.05) is 6.92 Å². The molecule has 3 aliphatic heterocycles. The van der Waals surface area contributed by atoms with Gasteiger partial charge < -0.3 is 19.7 Å². The van der Waals surface area contributed by atoms with Crippen LogP contribution in [0.2, 0.25) is 0 Å². The summed E-state index contributed by atoms with van der Waals surface area (Å²) in [6.45, 7) is 10.1. The lowest BCUT2D eigenvalue weighted by atomic mass is 9.88. The van der Waals surface area contributed by atoms with E-state index in [0.717, 1.165) is 19.6 Å². The highest BCUT2D eigenvalue weighted by Gasteiger charge is 2.32. The van der Waals surface area contributed by atoms with Gasteiger partial charge in [0.1, 0.15) is 0 Å². The van der Waals surface area contributed by atoms with E-state index in [2.05, 4.69) is 17.1 Å². The lowest BCUT2D eigenvalue weighted by Crippen LogP contribution is -2.44. The van der Waals surface area contributed by atoms with E-state index in [4.69, 9.17) is 9.47 Å². The standard InChI is InChI=1S/C15H28N2O2.ClH/c1-15(5-6-16-11-15)12-17-7-2-13(3-8-17)19-14-4-9-18-10-14;/h13-14,16H,2-12H2,1H3;1H. The molecule has 0 aromatic rings. The zero-order valence-corrected chi connectivity index (χ0v) is 13.4. The van der Waals surface area contributed by atoms with Crippen molar-refractivity contribution < 1.29 is 9.47 Å². The van der Waals surface area contributed by atoms with E-state index in [1.807, 2.05) is 0 Å². The Balaban J connectivity index is 0.00000147. The van der Waals surface area contributed by atoms with Crippen molar-refractivity contribution in [1.82, 2.24) is 10.2 Å². The Bertz CT molecular complexity index is 284. The van der Waals surface area contributed by atoms with Gasteiger partial charge in [0.15, 0.2) is 0 Å². The van der Waals surface area contributed by atoms with Gasteiger partial charge >= 0.3 is 0 Å². The summed E-state index contributed by atoms with van der Waals surface area (Å²) < 4.78 is 11.5. The average Bonchev–Trinajstić information content (AvgIpc) is 3.04. The normalized spacial score (nSPS) is 36.1. The number of hydrogen-bond donors (Lipinski definition) is 1. The summed E-state index contributed by atoms with van der Waals surface area (Å²) in [5.74, 6) is 0. The average molecular weight is 305 g/mol. The fourth-order valence-corrected chi connectivity index (χ4v) is 3.64. The van der Waals surface area contributed by atoms with E-state index in [-0.39, 0.29) is 12.4 Å². The zero-order valence-electron chi connectivity index (χ0n) is 12.6. The van der Waals surface area contributed by atoms with Crippen molar-refractivity contribution in [3.05, 3.63) is 0 Å². The minimum absolute atomic E-state index is 0. The van der Waals surface area contributed by atoms with Crippen molar-refractivity contribution in [2.24, 2.45) is 5.41 Å². The summed E-state index contributed by atoms with van der Waals surface area (Å²) in [5, 5.41) is 3.49. The number of nitrogens with zero attached hydrogens (tertiary/aromatic N) is 1. The lowest BCUT2D eigenvalue weighted by Gasteiger charge is -2.37. The largest absolute Gasteiger partial charge is 0.379 e. The molecule has 0 saturated carbocycles. The molecule has 0 aromatic carbocycles. The van der Waals surface area contributed by atoms with E-state index in [0.29, 0.717) is 17.6 Å². The minimum Gasteiger partial charge on any atom is -0.379 e. The topological polar surface area (TPSA) is 33.7 Å². The molecule has 3 fully saturated rings. The predicted octanol–water partition coefficient (Wildman–Crippen LogP) is 1.68. The van der Waals surface area contributed by atoms with Crippen molar-refractivity contribution in [2.45, 2.75) is 44.8 Å². The molecular weight excluding hydrogens is 276 g/mol. The molecule has 0 bridgehead atoms. The van der Waals surface area contributed by atoms with Crippen LogP contribution in [0.15, 0.2) is 0 Å². The highest BCUT2D eigenvalue weighted by Crippen LogP contribution is 2.28. The molecular formula is C15H29ClN2O2. The maximum atomic E-state index is 6.13. The SMILES string of the molecule is CC1(CN2CCC(OC3CCOC3)CC2)CCNC1.Cl. The van der Waals surface area contributed by atoms with Gasteiger partial charge in [-0.15, -0.1) is 12.4 Å². The summed E-state index contributed by atoms with van der Waals surface area (Å²) in [6, 6.07) is 0. The molecule has 20 heavy (non-hydrogen) atoms. The number of halogens is 1. The molecule has 1 N–H and O–H groups in total. The smallest absolute Gasteiger partial charge is 0.0834 e. The number of nitrogens with one attached hydrogen (secondary N) is 1. The van der Waals surface area contributed by atoms with E-state index in [1.54, 1.807) is 0 Å². The van der Waals surface area contributed by atoms with Crippen molar-refractivity contribution in [3.8, 4) is 0 Å². The van der Waals surface area contributed by atoms with Crippen LogP contribution in [0, 0.1) is 5.41 Å². The first kappa shape index (κ1) is 16.5. The highest BCUT2D eigenvalue weighted by molar-refractivity contribution is 5.85. The molecule has 0 aliphatic carbocycles. The lowest BCUT2D eigenvalue weighted by molar-refractivity contribution is -0.0471. The van der Waals surface area contributed by atoms with Crippen molar-refractivity contribution >= 4 is 12.4 Å². The summed E-state index contributed by atoms with van der Waals surface area (Å²) in [6.07, 6.45) is 5.64. The van der Waals surface area contributed by atoms with Gasteiger partial charge in [-0.2, -0.15) is 0 Å². The molecule has 2 atom stereocenters. The summed E-state index contributed by atoms with van der Waals surface area (Å²) in [7, 11) is 0. The van der Waals surface area contributed by atoms with Crippen LogP contribution in [-0.2, 0) is 9.47 Å². The van der Waals surface area contributed by atoms with Crippen molar-refractivity contribution in [1.29, 1.82) is 0 Å². The quantitative estimate of drug-likeness (QED) is 0.857. The van der Waals surface area contributed by atoms with E-state index in [1.165, 1.54) is 52.0 Å². The van der Waals surface area contributed by atoms with E-state index in [9.17, 15) is 0 Å². The minimum atomic E-state index is 0. The maximum absolute atomic E-state index is 6.13. The molecule has 3 heterocycles. The highest BCUT2D eigenvalue weighted by atomic mass is 35.5. The fourth-order valence-electron chi connectivity index (χ4n) is 3.64. The maximum Gasteiger partial charge on any atom is 0.0834 e. The van der Waals surface area contributed by atoms with Gasteiger partial charge in [-0.05, 0) is 37.6 Å². The third-order valence-corrected chi connectivity index (χ3v) is 4.87.